The number of fused-ring (bicyclic) bond motifs is 1. The predicted molar refractivity (Wildman–Crippen MR) is 151 cm³/mol. The first kappa shape index (κ1) is 25.6. The van der Waals surface area contributed by atoms with E-state index in [4.69, 9.17) is 16.3 Å². The molecular weight excluding hydrogens is 536 g/mol. The summed E-state index contributed by atoms with van der Waals surface area (Å²) in [5, 5.41) is 4.94. The van der Waals surface area contributed by atoms with Crippen molar-refractivity contribution in [3.63, 3.8) is 0 Å². The van der Waals surface area contributed by atoms with Crippen molar-refractivity contribution in [3.8, 4) is 11.4 Å². The van der Waals surface area contributed by atoms with Crippen molar-refractivity contribution in [1.82, 2.24) is 14.1 Å². The molecule has 10 heteroatoms. The predicted octanol–water partition coefficient (Wildman–Crippen LogP) is 3.94. The van der Waals surface area contributed by atoms with Crippen molar-refractivity contribution in [1.29, 1.82) is 0 Å². The Morgan fingerprint density at radius 1 is 0.846 bits per heavy atom. The van der Waals surface area contributed by atoms with E-state index in [-0.39, 0.29) is 35.4 Å². The van der Waals surface area contributed by atoms with Crippen molar-refractivity contribution in [2.45, 2.75) is 23.8 Å². The summed E-state index contributed by atoms with van der Waals surface area (Å²) in [6.07, 6.45) is 2.85. The Hall–Kier alpha value is -3.66. The fraction of sp³-hybridized carbons (Fsp3) is 0.241. The van der Waals surface area contributed by atoms with Gasteiger partial charge < -0.3 is 9.64 Å². The van der Waals surface area contributed by atoms with Crippen LogP contribution in [0, 0.1) is 0 Å². The van der Waals surface area contributed by atoms with Crippen LogP contribution in [0.25, 0.3) is 5.69 Å². The Kier molecular flexibility index (Phi) is 6.88. The quantitative estimate of drug-likeness (QED) is 0.354. The standard InChI is InChI=1S/C29H27ClN4O4S/c30-23-9-6-10-24(19-23)34-29(35)28(38-25-17-21-7-4-5-8-22(21)18-25)27(20-31-34)32-13-15-33(16-14-32)39(36,37)26-11-2-1-3-12-26/h1-12,19-20,25H,13-18H2. The smallest absolute Gasteiger partial charge is 0.316 e. The second kappa shape index (κ2) is 10.5. The van der Waals surface area contributed by atoms with Gasteiger partial charge in [-0.25, -0.2) is 8.42 Å². The molecule has 0 atom stereocenters. The number of rotatable bonds is 6. The van der Waals surface area contributed by atoms with Gasteiger partial charge in [0.05, 0.1) is 16.8 Å². The second-order valence-corrected chi connectivity index (χ2v) is 12.1. The lowest BCUT2D eigenvalue weighted by molar-refractivity contribution is 0.209. The number of piperazine rings is 1. The van der Waals surface area contributed by atoms with Crippen LogP contribution in [0.4, 0.5) is 5.69 Å². The molecule has 0 radical (unpaired) electrons. The van der Waals surface area contributed by atoms with Crippen molar-refractivity contribution >= 4 is 27.3 Å². The van der Waals surface area contributed by atoms with E-state index in [9.17, 15) is 13.2 Å². The van der Waals surface area contributed by atoms with E-state index < -0.39 is 10.0 Å². The maximum Gasteiger partial charge on any atom is 0.316 e. The van der Waals surface area contributed by atoms with Crippen molar-refractivity contribution < 1.29 is 13.2 Å². The number of ether oxygens (including phenoxy) is 1. The lowest BCUT2D eigenvalue weighted by Crippen LogP contribution is -2.49. The molecule has 8 nitrogen and oxygen atoms in total. The second-order valence-electron chi connectivity index (χ2n) is 9.68. The summed E-state index contributed by atoms with van der Waals surface area (Å²) in [6.45, 7) is 1.36. The SMILES string of the molecule is O=c1c(OC2Cc3ccccc3C2)c(N2CCN(S(=O)(=O)c3ccccc3)CC2)cnn1-c1cccc(Cl)c1. The summed E-state index contributed by atoms with van der Waals surface area (Å²) >= 11 is 6.19. The number of hydrogen-bond donors (Lipinski definition) is 0. The molecule has 4 aromatic rings. The van der Waals surface area contributed by atoms with Crippen LogP contribution in [0.5, 0.6) is 5.75 Å². The zero-order valence-corrected chi connectivity index (χ0v) is 22.7. The van der Waals surface area contributed by atoms with Gasteiger partial charge in [0.1, 0.15) is 11.8 Å². The lowest BCUT2D eigenvalue weighted by atomic mass is 10.1. The summed E-state index contributed by atoms with van der Waals surface area (Å²) in [7, 11) is -3.60. The van der Waals surface area contributed by atoms with Crippen molar-refractivity contribution in [3.05, 3.63) is 112 Å². The van der Waals surface area contributed by atoms with Crippen LogP contribution in [-0.2, 0) is 22.9 Å². The Balaban J connectivity index is 1.30. The molecule has 0 saturated carbocycles. The molecule has 1 aliphatic carbocycles. The number of anilines is 1. The molecule has 1 saturated heterocycles. The van der Waals surface area contributed by atoms with Crippen LogP contribution in [0.1, 0.15) is 11.1 Å². The minimum Gasteiger partial charge on any atom is -0.482 e. The largest absolute Gasteiger partial charge is 0.482 e. The molecule has 0 unspecified atom stereocenters. The normalized spacial score (nSPS) is 16.3. The number of halogens is 1. The molecule has 2 aliphatic rings. The molecule has 0 N–H and O–H groups in total. The van der Waals surface area contributed by atoms with Crippen molar-refractivity contribution in [2.24, 2.45) is 0 Å². The molecule has 1 fully saturated rings. The van der Waals surface area contributed by atoms with Gasteiger partial charge in [-0.1, -0.05) is 60.1 Å². The average Bonchev–Trinajstić information content (AvgIpc) is 3.37. The zero-order valence-electron chi connectivity index (χ0n) is 21.1. The number of nitrogens with zero attached hydrogens (tertiary/aromatic N) is 4. The molecule has 1 aliphatic heterocycles. The van der Waals surface area contributed by atoms with Gasteiger partial charge in [0.25, 0.3) is 0 Å². The van der Waals surface area contributed by atoms with E-state index in [0.29, 0.717) is 42.3 Å². The number of benzene rings is 3. The van der Waals surface area contributed by atoms with Gasteiger partial charge in [-0.05, 0) is 41.5 Å². The third-order valence-corrected chi connectivity index (χ3v) is 9.37. The number of aromatic nitrogens is 2. The summed E-state index contributed by atoms with van der Waals surface area (Å²) < 4.78 is 35.5. The lowest BCUT2D eigenvalue weighted by Gasteiger charge is -2.36. The number of hydrogen-bond acceptors (Lipinski definition) is 6. The van der Waals surface area contributed by atoms with Crippen LogP contribution in [0.15, 0.2) is 94.7 Å². The van der Waals surface area contributed by atoms with Gasteiger partial charge in [-0.3, -0.25) is 4.79 Å². The Morgan fingerprint density at radius 3 is 2.18 bits per heavy atom. The summed E-state index contributed by atoms with van der Waals surface area (Å²) in [5.74, 6) is 0.210. The minimum atomic E-state index is -3.60. The van der Waals surface area contributed by atoms with Gasteiger partial charge >= 0.3 is 5.56 Å². The van der Waals surface area contributed by atoms with E-state index in [1.807, 2.05) is 17.0 Å². The summed E-state index contributed by atoms with van der Waals surface area (Å²) in [5.41, 5.74) is 3.15. The molecule has 1 aromatic heterocycles. The average molecular weight is 563 g/mol. The molecule has 0 spiro atoms. The Morgan fingerprint density at radius 2 is 1.51 bits per heavy atom. The minimum absolute atomic E-state index is 0.191. The van der Waals surface area contributed by atoms with Crippen LogP contribution < -0.4 is 15.2 Å². The van der Waals surface area contributed by atoms with Crippen molar-refractivity contribution in [2.75, 3.05) is 31.1 Å². The highest BCUT2D eigenvalue weighted by Crippen LogP contribution is 2.31. The zero-order chi connectivity index (χ0) is 27.0. The van der Waals surface area contributed by atoms with Gasteiger partial charge in [0.15, 0.2) is 0 Å². The Labute approximate surface area is 232 Å². The molecule has 0 amide bonds. The van der Waals surface area contributed by atoms with E-state index >= 15 is 0 Å². The van der Waals surface area contributed by atoms with Crippen LogP contribution in [-0.4, -0.2) is 54.8 Å². The molecule has 200 valence electrons. The maximum absolute atomic E-state index is 13.8. The van der Waals surface area contributed by atoms with Crippen LogP contribution in [0.2, 0.25) is 5.02 Å². The fourth-order valence-corrected chi connectivity index (χ4v) is 6.86. The summed E-state index contributed by atoms with van der Waals surface area (Å²) in [4.78, 5) is 16.1. The number of sulfonamides is 1. The van der Waals surface area contributed by atoms with Gasteiger partial charge in [0, 0.05) is 44.0 Å². The third kappa shape index (κ3) is 5.05. The van der Waals surface area contributed by atoms with E-state index in [0.717, 1.165) is 0 Å². The first-order valence-corrected chi connectivity index (χ1v) is 14.6. The first-order valence-electron chi connectivity index (χ1n) is 12.8. The molecule has 3 aromatic carbocycles. The summed E-state index contributed by atoms with van der Waals surface area (Å²) in [6, 6.07) is 23.6. The molecule has 2 heterocycles. The third-order valence-electron chi connectivity index (χ3n) is 7.23. The van der Waals surface area contributed by atoms with Crippen LogP contribution in [0.3, 0.4) is 0 Å². The highest BCUT2D eigenvalue weighted by molar-refractivity contribution is 7.89. The maximum atomic E-state index is 13.8. The molecular formula is C29H27ClN4O4S. The molecule has 0 bridgehead atoms. The highest BCUT2D eigenvalue weighted by atomic mass is 35.5. The Bertz CT molecular complexity index is 1640. The van der Waals surface area contributed by atoms with E-state index in [1.165, 1.54) is 20.1 Å². The monoisotopic (exact) mass is 562 g/mol. The van der Waals surface area contributed by atoms with Gasteiger partial charge in [-0.15, -0.1) is 0 Å². The molecule has 39 heavy (non-hydrogen) atoms. The highest BCUT2D eigenvalue weighted by Gasteiger charge is 2.32. The molecule has 6 rings (SSSR count). The van der Waals surface area contributed by atoms with Gasteiger partial charge in [-0.2, -0.15) is 14.1 Å². The fourth-order valence-electron chi connectivity index (χ4n) is 5.24. The topological polar surface area (TPSA) is 84.7 Å². The van der Waals surface area contributed by atoms with Crippen LogP contribution >= 0.6 is 11.6 Å². The van der Waals surface area contributed by atoms with E-state index in [1.54, 1.807) is 60.8 Å². The first-order chi connectivity index (χ1) is 18.9. The van der Waals surface area contributed by atoms with E-state index in [2.05, 4.69) is 17.2 Å². The van der Waals surface area contributed by atoms with Gasteiger partial charge in [0.2, 0.25) is 15.8 Å².